The zero-order chi connectivity index (χ0) is 13.7. The van der Waals surface area contributed by atoms with Crippen LogP contribution in [0.3, 0.4) is 0 Å². The lowest BCUT2D eigenvalue weighted by molar-refractivity contribution is -0.118. The number of fused-ring (bicyclic) bond motifs is 1. The van der Waals surface area contributed by atoms with Gasteiger partial charge in [0.05, 0.1) is 12.7 Å². The Morgan fingerprint density at radius 3 is 2.33 bits per heavy atom. The molecule has 3 heteroatoms. The van der Waals surface area contributed by atoms with E-state index >= 15 is 0 Å². The van der Waals surface area contributed by atoms with E-state index in [1.165, 1.54) is 0 Å². The lowest BCUT2D eigenvalue weighted by Crippen LogP contribution is -2.57. The van der Waals surface area contributed by atoms with Crippen molar-refractivity contribution in [3.05, 3.63) is 11.1 Å². The maximum absolute atomic E-state index is 10.5. The van der Waals surface area contributed by atoms with Gasteiger partial charge in [-0.1, -0.05) is 27.2 Å². The highest BCUT2D eigenvalue weighted by Gasteiger charge is 2.56. The van der Waals surface area contributed by atoms with Crippen molar-refractivity contribution in [2.24, 2.45) is 16.7 Å². The predicted octanol–water partition coefficient (Wildman–Crippen LogP) is 1.86. The summed E-state index contributed by atoms with van der Waals surface area (Å²) in [5, 5.41) is 30.4. The van der Waals surface area contributed by atoms with Gasteiger partial charge in [0.15, 0.2) is 0 Å². The Morgan fingerprint density at radius 1 is 1.17 bits per heavy atom. The number of hydrogen-bond acceptors (Lipinski definition) is 3. The molecule has 0 radical (unpaired) electrons. The van der Waals surface area contributed by atoms with Crippen molar-refractivity contribution in [1.29, 1.82) is 0 Å². The first-order valence-electron chi connectivity index (χ1n) is 6.93. The van der Waals surface area contributed by atoms with Gasteiger partial charge in [-0.3, -0.25) is 0 Å². The largest absolute Gasteiger partial charge is 0.392 e. The molecule has 2 aliphatic carbocycles. The van der Waals surface area contributed by atoms with Gasteiger partial charge in [-0.05, 0) is 41.7 Å². The highest BCUT2D eigenvalue weighted by Crippen LogP contribution is 2.59. The Kier molecular flexibility index (Phi) is 3.37. The average molecular weight is 254 g/mol. The van der Waals surface area contributed by atoms with E-state index in [-0.39, 0.29) is 23.4 Å². The normalized spacial score (nSPS) is 43.8. The zero-order valence-corrected chi connectivity index (χ0v) is 11.9. The summed E-state index contributed by atoms with van der Waals surface area (Å²) in [5.41, 5.74) is 1.52. The van der Waals surface area contributed by atoms with E-state index in [1.54, 1.807) is 0 Å². The van der Waals surface area contributed by atoms with Crippen molar-refractivity contribution >= 4 is 0 Å². The van der Waals surface area contributed by atoms with Crippen LogP contribution in [0.1, 0.15) is 47.0 Å². The Bertz CT molecular complexity index is 372. The highest BCUT2D eigenvalue weighted by atomic mass is 16.3. The van der Waals surface area contributed by atoms with Crippen LogP contribution in [0.2, 0.25) is 0 Å². The average Bonchev–Trinajstić information content (AvgIpc) is 2.25. The van der Waals surface area contributed by atoms with Crippen LogP contribution < -0.4 is 0 Å². The fourth-order valence-electron chi connectivity index (χ4n) is 4.64. The summed E-state index contributed by atoms with van der Waals surface area (Å²) in [5.74, 6) is 0.0135. The molecule has 2 aliphatic rings. The Labute approximate surface area is 110 Å². The summed E-state index contributed by atoms with van der Waals surface area (Å²) < 4.78 is 0. The smallest absolute Gasteiger partial charge is 0.101 e. The molecule has 2 rings (SSSR count). The number of hydrogen-bond donors (Lipinski definition) is 3. The molecule has 0 aliphatic heterocycles. The molecular formula is C15H26O3. The van der Waals surface area contributed by atoms with Gasteiger partial charge in [-0.2, -0.15) is 0 Å². The van der Waals surface area contributed by atoms with Gasteiger partial charge in [0, 0.05) is 5.92 Å². The van der Waals surface area contributed by atoms with Crippen LogP contribution in [0.25, 0.3) is 0 Å². The molecule has 0 unspecified atom stereocenters. The second-order valence-corrected chi connectivity index (χ2v) is 6.99. The molecule has 0 amide bonds. The molecule has 0 aromatic carbocycles. The molecule has 0 aromatic rings. The first kappa shape index (κ1) is 14.0. The number of aliphatic hydroxyl groups is 3. The molecule has 18 heavy (non-hydrogen) atoms. The second-order valence-electron chi connectivity index (χ2n) is 6.99. The molecular weight excluding hydrogens is 228 g/mol. The van der Waals surface area contributed by atoms with E-state index in [4.69, 9.17) is 0 Å². The third-order valence-corrected chi connectivity index (χ3v) is 5.48. The third kappa shape index (κ3) is 1.75. The topological polar surface area (TPSA) is 60.7 Å². The molecule has 1 saturated carbocycles. The quantitative estimate of drug-likeness (QED) is 0.626. The lowest BCUT2D eigenvalue weighted by Gasteiger charge is -2.57. The summed E-state index contributed by atoms with van der Waals surface area (Å²) >= 11 is 0. The van der Waals surface area contributed by atoms with Gasteiger partial charge in [0.25, 0.3) is 0 Å². The zero-order valence-electron chi connectivity index (χ0n) is 11.9. The van der Waals surface area contributed by atoms with Crippen LogP contribution in [-0.2, 0) is 0 Å². The summed E-state index contributed by atoms with van der Waals surface area (Å²) in [4.78, 5) is 0. The summed E-state index contributed by atoms with van der Waals surface area (Å²) in [6.45, 7) is 8.30. The summed E-state index contributed by atoms with van der Waals surface area (Å²) in [6, 6.07) is 0. The van der Waals surface area contributed by atoms with E-state index in [0.29, 0.717) is 0 Å². The fraction of sp³-hybridized carbons (Fsp3) is 0.867. The molecule has 1 fully saturated rings. The van der Waals surface area contributed by atoms with Gasteiger partial charge >= 0.3 is 0 Å². The molecule has 3 N–H and O–H groups in total. The van der Waals surface area contributed by atoms with E-state index in [2.05, 4.69) is 20.8 Å². The summed E-state index contributed by atoms with van der Waals surface area (Å²) in [7, 11) is 0. The van der Waals surface area contributed by atoms with E-state index < -0.39 is 12.2 Å². The van der Waals surface area contributed by atoms with E-state index in [1.807, 2.05) is 6.92 Å². The van der Waals surface area contributed by atoms with Crippen molar-refractivity contribution in [3.63, 3.8) is 0 Å². The van der Waals surface area contributed by atoms with Gasteiger partial charge in [-0.15, -0.1) is 0 Å². The lowest BCUT2D eigenvalue weighted by atomic mass is 9.49. The van der Waals surface area contributed by atoms with E-state index in [9.17, 15) is 15.3 Å². The van der Waals surface area contributed by atoms with Gasteiger partial charge in [0.2, 0.25) is 0 Å². The predicted molar refractivity (Wildman–Crippen MR) is 71.0 cm³/mol. The SMILES string of the molecule is CC1=C(CO)[C@@]2(C)CCCC(C)(C)[C@@H]2[C@H](O)[C@H]1O. The van der Waals surface area contributed by atoms with Crippen LogP contribution in [0.15, 0.2) is 11.1 Å². The first-order chi connectivity index (χ1) is 8.25. The Morgan fingerprint density at radius 2 is 1.78 bits per heavy atom. The van der Waals surface area contributed by atoms with Gasteiger partial charge in [-0.25, -0.2) is 0 Å². The Balaban J connectivity index is 2.57. The molecule has 0 heterocycles. The number of aliphatic hydroxyl groups excluding tert-OH is 3. The standard InChI is InChI=1S/C15H26O3/c1-9-10(8-16)15(4)7-5-6-14(2,3)13(15)12(18)11(9)17/h11-13,16-18H,5-8H2,1-4H3/t11-,12+,13-,15+/m0/s1. The Hall–Kier alpha value is -0.380. The van der Waals surface area contributed by atoms with Crippen LogP contribution >= 0.6 is 0 Å². The molecule has 3 nitrogen and oxygen atoms in total. The maximum Gasteiger partial charge on any atom is 0.101 e. The molecule has 0 aromatic heterocycles. The minimum Gasteiger partial charge on any atom is -0.392 e. The van der Waals surface area contributed by atoms with Crippen molar-refractivity contribution in [3.8, 4) is 0 Å². The third-order valence-electron chi connectivity index (χ3n) is 5.48. The minimum absolute atomic E-state index is 0.00544. The first-order valence-corrected chi connectivity index (χ1v) is 6.93. The van der Waals surface area contributed by atoms with E-state index in [0.717, 1.165) is 30.4 Å². The van der Waals surface area contributed by atoms with Crippen LogP contribution in [0.5, 0.6) is 0 Å². The molecule has 0 saturated heterocycles. The molecule has 0 bridgehead atoms. The monoisotopic (exact) mass is 254 g/mol. The highest BCUT2D eigenvalue weighted by molar-refractivity contribution is 5.32. The van der Waals surface area contributed by atoms with Gasteiger partial charge in [0.1, 0.15) is 6.10 Å². The molecule has 4 atom stereocenters. The maximum atomic E-state index is 10.5. The second kappa shape index (κ2) is 4.32. The van der Waals surface area contributed by atoms with Crippen LogP contribution in [0.4, 0.5) is 0 Å². The molecule has 104 valence electrons. The van der Waals surface area contributed by atoms with Crippen molar-refractivity contribution < 1.29 is 15.3 Å². The van der Waals surface area contributed by atoms with Crippen molar-refractivity contribution in [1.82, 2.24) is 0 Å². The van der Waals surface area contributed by atoms with Crippen LogP contribution in [0, 0.1) is 16.7 Å². The molecule has 0 spiro atoms. The van der Waals surface area contributed by atoms with Gasteiger partial charge < -0.3 is 15.3 Å². The van der Waals surface area contributed by atoms with Crippen molar-refractivity contribution in [2.45, 2.75) is 59.2 Å². The van der Waals surface area contributed by atoms with Crippen molar-refractivity contribution in [2.75, 3.05) is 6.61 Å². The summed E-state index contributed by atoms with van der Waals surface area (Å²) in [6.07, 6.45) is 1.61. The minimum atomic E-state index is -0.831. The number of rotatable bonds is 1. The fourth-order valence-corrected chi connectivity index (χ4v) is 4.64. The van der Waals surface area contributed by atoms with Crippen LogP contribution in [-0.4, -0.2) is 34.1 Å².